The van der Waals surface area contributed by atoms with Gasteiger partial charge in [0.15, 0.2) is 5.72 Å². The molecule has 0 radical (unpaired) electrons. The number of nitrogens with zero attached hydrogens (tertiary/aromatic N) is 2. The second-order valence-electron chi connectivity index (χ2n) is 9.47. The molecular weight excluding hydrogens is 418 g/mol. The zero-order valence-corrected chi connectivity index (χ0v) is 18.2. The number of para-hydroxylation sites is 2. The van der Waals surface area contributed by atoms with E-state index in [1.54, 1.807) is 0 Å². The van der Waals surface area contributed by atoms with Gasteiger partial charge in [0.2, 0.25) is 5.79 Å². The van der Waals surface area contributed by atoms with Gasteiger partial charge in [0.05, 0.1) is 34.1 Å². The van der Waals surface area contributed by atoms with Crippen molar-refractivity contribution in [2.75, 3.05) is 7.11 Å². The molecule has 2 aromatic heterocycles. The number of fused-ring (bicyclic) bond motifs is 13. The van der Waals surface area contributed by atoms with Gasteiger partial charge < -0.3 is 29.0 Å². The first-order chi connectivity index (χ1) is 16.0. The van der Waals surface area contributed by atoms with Crippen molar-refractivity contribution in [1.29, 1.82) is 0 Å². The Bertz CT molecular complexity index is 1730. The summed E-state index contributed by atoms with van der Waals surface area (Å²) < 4.78 is 16.7. The summed E-state index contributed by atoms with van der Waals surface area (Å²) in [5.41, 5.74) is 4.46. The van der Waals surface area contributed by atoms with Gasteiger partial charge in [-0.05, 0) is 24.6 Å². The van der Waals surface area contributed by atoms with E-state index in [1.165, 1.54) is 7.11 Å². The van der Waals surface area contributed by atoms with Crippen LogP contribution in [0.5, 0.6) is 0 Å². The van der Waals surface area contributed by atoms with Crippen LogP contribution in [0.2, 0.25) is 0 Å². The number of aromatic nitrogens is 2. The van der Waals surface area contributed by atoms with Crippen molar-refractivity contribution in [2.45, 2.75) is 37.6 Å². The second-order valence-corrected chi connectivity index (χ2v) is 9.47. The molecule has 33 heavy (non-hydrogen) atoms. The number of ether oxygens (including phenoxy) is 2. The lowest BCUT2D eigenvalue weighted by Gasteiger charge is -2.38. The molecular formula is C26H21N3O4. The van der Waals surface area contributed by atoms with Gasteiger partial charge in [0.1, 0.15) is 6.23 Å². The van der Waals surface area contributed by atoms with Gasteiger partial charge in [-0.25, -0.2) is 0 Å². The summed E-state index contributed by atoms with van der Waals surface area (Å²) in [6, 6.07) is 16.3. The third-order valence-corrected chi connectivity index (χ3v) is 8.11. The molecule has 7 heteroatoms. The van der Waals surface area contributed by atoms with Crippen molar-refractivity contribution < 1.29 is 19.4 Å². The lowest BCUT2D eigenvalue weighted by Crippen LogP contribution is -2.51. The number of hydrogen-bond acceptors (Lipinski definition) is 4. The van der Waals surface area contributed by atoms with Crippen LogP contribution < -0.4 is 5.32 Å². The van der Waals surface area contributed by atoms with Crippen molar-refractivity contribution >= 4 is 49.5 Å². The number of methoxy groups -OCH3 is 1. The van der Waals surface area contributed by atoms with E-state index in [1.807, 2.05) is 37.3 Å². The lowest BCUT2D eigenvalue weighted by atomic mass is 9.96. The van der Waals surface area contributed by atoms with Crippen molar-refractivity contribution in [2.24, 2.45) is 0 Å². The SMILES string of the molecule is CO[C@@]1(O)C[C@H]2O[C@]1(C)n1c3ccccc3c3c4c(c5c6ccccc6n2c5c31)C(=O)NC4. The first-order valence-corrected chi connectivity index (χ1v) is 11.2. The quantitative estimate of drug-likeness (QED) is 0.386. The molecule has 1 fully saturated rings. The summed E-state index contributed by atoms with van der Waals surface area (Å²) in [5, 5.41) is 18.9. The van der Waals surface area contributed by atoms with Crippen LogP contribution in [0.4, 0.5) is 0 Å². The molecule has 5 heterocycles. The molecule has 7 nitrogen and oxygen atoms in total. The van der Waals surface area contributed by atoms with Crippen LogP contribution in [0.25, 0.3) is 43.6 Å². The zero-order valence-electron chi connectivity index (χ0n) is 18.2. The Labute approximate surface area is 188 Å². The van der Waals surface area contributed by atoms with E-state index >= 15 is 0 Å². The number of benzene rings is 3. The van der Waals surface area contributed by atoms with Crippen LogP contribution in [-0.2, 0) is 21.7 Å². The van der Waals surface area contributed by atoms with Gasteiger partial charge in [-0.2, -0.15) is 0 Å². The van der Waals surface area contributed by atoms with Crippen molar-refractivity contribution in [1.82, 2.24) is 14.5 Å². The fourth-order valence-corrected chi connectivity index (χ4v) is 6.69. The summed E-state index contributed by atoms with van der Waals surface area (Å²) in [6.07, 6.45) is -0.184. The molecule has 3 aromatic carbocycles. The molecule has 0 unspecified atom stereocenters. The standard InChI is InChI=1S/C26H21N3O4/c1-25-26(31,32-2)11-18(33-25)28-16-9-5-3-7-13(16)20-21-15(12-27-24(21)30)19-14-8-4-6-10-17(14)29(25)23(19)22(20)28/h3-10,18,31H,11-12H2,1-2H3,(H,27,30)/t18-,25+,26+/m1/s1. The number of carbonyl (C=O) groups excluding carboxylic acids is 1. The summed E-state index contributed by atoms with van der Waals surface area (Å²) in [7, 11) is 1.53. The highest BCUT2D eigenvalue weighted by molar-refractivity contribution is 6.31. The summed E-state index contributed by atoms with van der Waals surface area (Å²) in [6.45, 7) is 2.38. The Morgan fingerprint density at radius 2 is 1.76 bits per heavy atom. The maximum atomic E-state index is 13.2. The zero-order chi connectivity index (χ0) is 22.3. The van der Waals surface area contributed by atoms with E-state index < -0.39 is 17.7 Å². The molecule has 0 saturated carbocycles. The lowest BCUT2D eigenvalue weighted by molar-refractivity contribution is -0.285. The molecule has 3 atom stereocenters. The molecule has 164 valence electrons. The number of nitrogens with one attached hydrogen (secondary N) is 1. The van der Waals surface area contributed by atoms with E-state index in [2.05, 4.69) is 32.7 Å². The molecule has 1 saturated heterocycles. The Hall–Kier alpha value is -3.39. The predicted octanol–water partition coefficient (Wildman–Crippen LogP) is 4.09. The number of carbonyl (C=O) groups is 1. The minimum absolute atomic E-state index is 0.0402. The Balaban J connectivity index is 1.78. The highest BCUT2D eigenvalue weighted by atomic mass is 16.7. The molecule has 2 bridgehead atoms. The molecule has 2 N–H and O–H groups in total. The smallest absolute Gasteiger partial charge is 0.252 e. The predicted molar refractivity (Wildman–Crippen MR) is 124 cm³/mol. The van der Waals surface area contributed by atoms with Crippen molar-refractivity contribution in [3.8, 4) is 0 Å². The van der Waals surface area contributed by atoms with Gasteiger partial charge in [-0.15, -0.1) is 0 Å². The van der Waals surface area contributed by atoms with Crippen LogP contribution in [0.1, 0.15) is 35.5 Å². The van der Waals surface area contributed by atoms with E-state index in [4.69, 9.17) is 9.47 Å². The number of hydrogen-bond donors (Lipinski definition) is 2. The molecule has 8 rings (SSSR count). The van der Waals surface area contributed by atoms with E-state index in [0.29, 0.717) is 6.54 Å². The van der Waals surface area contributed by atoms with Gasteiger partial charge >= 0.3 is 0 Å². The molecule has 3 aliphatic rings. The van der Waals surface area contributed by atoms with Crippen molar-refractivity contribution in [3.63, 3.8) is 0 Å². The average Bonchev–Trinajstić information content (AvgIpc) is 3.51. The van der Waals surface area contributed by atoms with Crippen LogP contribution >= 0.6 is 0 Å². The molecule has 1 amide bonds. The number of amides is 1. The first-order valence-electron chi connectivity index (χ1n) is 11.2. The van der Waals surface area contributed by atoms with Gasteiger partial charge in [-0.1, -0.05) is 36.4 Å². The third-order valence-electron chi connectivity index (χ3n) is 8.11. The Kier molecular flexibility index (Phi) is 2.95. The highest BCUT2D eigenvalue weighted by Crippen LogP contribution is 2.57. The Morgan fingerprint density at radius 3 is 2.52 bits per heavy atom. The van der Waals surface area contributed by atoms with E-state index in [0.717, 1.165) is 54.7 Å². The van der Waals surface area contributed by atoms with E-state index in [9.17, 15) is 9.90 Å². The molecule has 0 spiro atoms. The summed E-state index contributed by atoms with van der Waals surface area (Å²) in [5.74, 6) is -1.57. The van der Waals surface area contributed by atoms with Gasteiger partial charge in [-0.3, -0.25) is 4.79 Å². The van der Waals surface area contributed by atoms with Gasteiger partial charge in [0, 0.05) is 35.2 Å². The van der Waals surface area contributed by atoms with Crippen LogP contribution in [0, 0.1) is 0 Å². The topological polar surface area (TPSA) is 77.7 Å². The minimum atomic E-state index is -1.53. The maximum absolute atomic E-state index is 13.2. The third kappa shape index (κ3) is 1.75. The Morgan fingerprint density at radius 1 is 1.06 bits per heavy atom. The minimum Gasteiger partial charge on any atom is -0.362 e. The van der Waals surface area contributed by atoms with Gasteiger partial charge in [0.25, 0.3) is 5.91 Å². The molecule has 3 aliphatic heterocycles. The molecule has 0 aliphatic carbocycles. The summed E-state index contributed by atoms with van der Waals surface area (Å²) in [4.78, 5) is 13.2. The van der Waals surface area contributed by atoms with Crippen LogP contribution in [0.15, 0.2) is 48.5 Å². The van der Waals surface area contributed by atoms with E-state index in [-0.39, 0.29) is 12.3 Å². The second kappa shape index (κ2) is 5.39. The average molecular weight is 439 g/mol. The number of aliphatic hydroxyl groups is 1. The summed E-state index contributed by atoms with van der Waals surface area (Å²) >= 11 is 0. The monoisotopic (exact) mass is 439 g/mol. The molecule has 5 aromatic rings. The maximum Gasteiger partial charge on any atom is 0.252 e. The van der Waals surface area contributed by atoms with Crippen molar-refractivity contribution in [3.05, 3.63) is 59.7 Å². The first kappa shape index (κ1) is 18.1. The van der Waals surface area contributed by atoms with Crippen LogP contribution in [0.3, 0.4) is 0 Å². The fraction of sp³-hybridized carbons (Fsp3) is 0.269. The van der Waals surface area contributed by atoms with Crippen LogP contribution in [-0.4, -0.2) is 33.0 Å². The number of rotatable bonds is 1. The fourth-order valence-electron chi connectivity index (χ4n) is 6.69. The highest BCUT2D eigenvalue weighted by Gasteiger charge is 2.61. The largest absolute Gasteiger partial charge is 0.362 e. The normalized spacial score (nSPS) is 27.8.